The fourth-order valence-corrected chi connectivity index (χ4v) is 5.06. The summed E-state index contributed by atoms with van der Waals surface area (Å²) in [7, 11) is 2.46. The summed E-state index contributed by atoms with van der Waals surface area (Å²) >= 11 is 0. The van der Waals surface area contributed by atoms with Gasteiger partial charge in [0.25, 0.3) is 0 Å². The SMILES string of the molecule is COC(=O)/C(C=N[C@@H](c1c(C)cc(C)cc1C)[C@@H](N=C/C(C(=O)OC)=C(/C)O)c1c(C)cc(C)cc1C)=C(/C)O. The van der Waals surface area contributed by atoms with Crippen LogP contribution in [0.25, 0.3) is 0 Å². The highest BCUT2D eigenvalue weighted by atomic mass is 16.5. The van der Waals surface area contributed by atoms with Crippen LogP contribution in [0.5, 0.6) is 0 Å². The van der Waals surface area contributed by atoms with Crippen molar-refractivity contribution in [2.75, 3.05) is 14.2 Å². The molecule has 0 heterocycles. The lowest BCUT2D eigenvalue weighted by Gasteiger charge is -2.28. The molecule has 214 valence electrons. The standard InChI is InChI=1S/C32H40N2O6/c1-17-11-19(3)27(20(4)12-17)29(33-15-25(23(7)35)31(37)39-9)30(28-21(5)13-18(2)14-22(28)6)34-16-26(24(8)36)32(38)40-10/h11-16,29-30,35-36H,1-10H3/b25-23-,26-24+,33-15?,34-16?/t29-,30-/m0/s1. The predicted octanol–water partition coefficient (Wildman–Crippen LogP) is 6.47. The molecule has 0 aliphatic carbocycles. The average molecular weight is 549 g/mol. The number of methoxy groups -OCH3 is 2. The Morgan fingerprint density at radius 2 is 0.925 bits per heavy atom. The van der Waals surface area contributed by atoms with Crippen LogP contribution in [0.4, 0.5) is 0 Å². The number of hydrogen-bond donors (Lipinski definition) is 2. The average Bonchev–Trinajstić information content (AvgIpc) is 2.84. The van der Waals surface area contributed by atoms with E-state index in [9.17, 15) is 19.8 Å². The van der Waals surface area contributed by atoms with E-state index in [0.717, 1.165) is 44.5 Å². The zero-order valence-electron chi connectivity index (χ0n) is 25.0. The van der Waals surface area contributed by atoms with Crippen LogP contribution >= 0.6 is 0 Å². The lowest BCUT2D eigenvalue weighted by molar-refractivity contribution is -0.136. The Hall–Kier alpha value is -4.20. The first-order valence-corrected chi connectivity index (χ1v) is 12.9. The zero-order valence-corrected chi connectivity index (χ0v) is 25.0. The van der Waals surface area contributed by atoms with Crippen molar-refractivity contribution in [3.05, 3.63) is 91.4 Å². The van der Waals surface area contributed by atoms with Gasteiger partial charge in [-0.2, -0.15) is 0 Å². The minimum atomic E-state index is -0.727. The molecule has 2 atom stereocenters. The van der Waals surface area contributed by atoms with Gasteiger partial charge in [-0.15, -0.1) is 0 Å². The zero-order chi connectivity index (χ0) is 30.3. The first-order chi connectivity index (χ1) is 18.7. The summed E-state index contributed by atoms with van der Waals surface area (Å²) in [6, 6.07) is 6.82. The summed E-state index contributed by atoms with van der Waals surface area (Å²) < 4.78 is 9.70. The summed E-state index contributed by atoms with van der Waals surface area (Å²) in [6.07, 6.45) is 2.61. The molecule has 0 radical (unpaired) electrons. The van der Waals surface area contributed by atoms with Crippen LogP contribution in [0.2, 0.25) is 0 Å². The van der Waals surface area contributed by atoms with Gasteiger partial charge in [0.15, 0.2) is 0 Å². The second-order valence-electron chi connectivity index (χ2n) is 10.1. The van der Waals surface area contributed by atoms with Gasteiger partial charge in [0.1, 0.15) is 34.7 Å². The van der Waals surface area contributed by atoms with E-state index in [-0.39, 0.29) is 22.7 Å². The molecule has 0 aliphatic rings. The molecule has 0 bridgehead atoms. The third-order valence-corrected chi connectivity index (χ3v) is 6.69. The van der Waals surface area contributed by atoms with Gasteiger partial charge in [0, 0.05) is 12.4 Å². The van der Waals surface area contributed by atoms with E-state index in [1.807, 2.05) is 65.8 Å². The van der Waals surface area contributed by atoms with Gasteiger partial charge in [-0.05, 0) is 88.8 Å². The molecule has 2 aromatic rings. The van der Waals surface area contributed by atoms with E-state index in [2.05, 4.69) is 0 Å². The number of aliphatic hydroxyl groups is 2. The number of nitrogens with zero attached hydrogens (tertiary/aromatic N) is 2. The summed E-state index contributed by atoms with van der Waals surface area (Å²) in [6.45, 7) is 14.7. The number of rotatable bonds is 9. The Kier molecular flexibility index (Phi) is 11.0. The second-order valence-corrected chi connectivity index (χ2v) is 10.1. The summed E-state index contributed by atoms with van der Waals surface area (Å²) in [5.41, 5.74) is 7.62. The third-order valence-electron chi connectivity index (χ3n) is 6.69. The lowest BCUT2D eigenvalue weighted by atomic mass is 9.84. The van der Waals surface area contributed by atoms with E-state index in [1.54, 1.807) is 0 Å². The van der Waals surface area contributed by atoms with Gasteiger partial charge in [-0.1, -0.05) is 35.4 Å². The van der Waals surface area contributed by atoms with Gasteiger partial charge in [0.05, 0.1) is 14.2 Å². The van der Waals surface area contributed by atoms with Gasteiger partial charge < -0.3 is 19.7 Å². The van der Waals surface area contributed by atoms with Crippen LogP contribution in [0.3, 0.4) is 0 Å². The topological polar surface area (TPSA) is 118 Å². The number of ether oxygens (including phenoxy) is 2. The third kappa shape index (κ3) is 7.46. The van der Waals surface area contributed by atoms with Gasteiger partial charge >= 0.3 is 11.9 Å². The van der Waals surface area contributed by atoms with Gasteiger partial charge in [0.2, 0.25) is 0 Å². The highest BCUT2D eigenvalue weighted by Crippen LogP contribution is 2.41. The molecule has 0 saturated carbocycles. The summed E-state index contributed by atoms with van der Waals surface area (Å²) in [4.78, 5) is 34.5. The maximum Gasteiger partial charge on any atom is 0.342 e. The van der Waals surface area contributed by atoms with E-state index < -0.39 is 24.0 Å². The molecular weight excluding hydrogens is 508 g/mol. The molecule has 8 nitrogen and oxygen atoms in total. The minimum Gasteiger partial charge on any atom is -0.512 e. The molecule has 0 fully saturated rings. The quantitative estimate of drug-likeness (QED) is 0.160. The van der Waals surface area contributed by atoms with Crippen LogP contribution in [0, 0.1) is 41.5 Å². The summed E-state index contributed by atoms with van der Waals surface area (Å²) in [5, 5.41) is 20.4. The number of allylic oxidation sites excluding steroid dienone is 2. The molecule has 0 aliphatic heterocycles. The maximum absolute atomic E-state index is 12.4. The highest BCUT2D eigenvalue weighted by Gasteiger charge is 2.30. The van der Waals surface area contributed by atoms with Crippen molar-refractivity contribution in [2.45, 2.75) is 67.5 Å². The molecule has 0 aromatic heterocycles. The van der Waals surface area contributed by atoms with E-state index in [1.165, 1.54) is 40.5 Å². The number of hydrogen-bond acceptors (Lipinski definition) is 8. The number of esters is 2. The van der Waals surface area contributed by atoms with Crippen LogP contribution in [0.15, 0.2) is 56.9 Å². The van der Waals surface area contributed by atoms with Crippen molar-refractivity contribution in [3.8, 4) is 0 Å². The van der Waals surface area contributed by atoms with Crippen molar-refractivity contribution < 1.29 is 29.3 Å². The number of carbonyl (C=O) groups is 2. The first kappa shape index (κ1) is 32.0. The molecule has 0 saturated heterocycles. The fourth-order valence-electron chi connectivity index (χ4n) is 5.06. The minimum absolute atomic E-state index is 0.0867. The second kappa shape index (κ2) is 13.7. The highest BCUT2D eigenvalue weighted by molar-refractivity contribution is 6.10. The van der Waals surface area contributed by atoms with Crippen molar-refractivity contribution in [1.29, 1.82) is 0 Å². The number of aliphatic hydroxyl groups excluding tert-OH is 2. The number of carbonyl (C=O) groups excluding carboxylic acids is 2. The Morgan fingerprint density at radius 1 is 0.650 bits per heavy atom. The predicted molar refractivity (Wildman–Crippen MR) is 158 cm³/mol. The lowest BCUT2D eigenvalue weighted by Crippen LogP contribution is -2.17. The van der Waals surface area contributed by atoms with E-state index >= 15 is 0 Å². The Labute approximate surface area is 236 Å². The van der Waals surface area contributed by atoms with Crippen molar-refractivity contribution in [2.24, 2.45) is 9.98 Å². The smallest absolute Gasteiger partial charge is 0.342 e. The van der Waals surface area contributed by atoms with Crippen LogP contribution < -0.4 is 0 Å². The van der Waals surface area contributed by atoms with Crippen molar-refractivity contribution in [1.82, 2.24) is 0 Å². The molecular formula is C32H40N2O6. The van der Waals surface area contributed by atoms with Gasteiger partial charge in [-0.3, -0.25) is 9.98 Å². The maximum atomic E-state index is 12.4. The Balaban J connectivity index is 3.01. The van der Waals surface area contributed by atoms with Crippen molar-refractivity contribution in [3.63, 3.8) is 0 Å². The molecule has 0 unspecified atom stereocenters. The fraction of sp³-hybridized carbons (Fsp3) is 0.375. The molecule has 0 spiro atoms. The summed E-state index contributed by atoms with van der Waals surface area (Å²) in [5.74, 6) is -1.92. The van der Waals surface area contributed by atoms with Gasteiger partial charge in [-0.25, -0.2) is 9.59 Å². The van der Waals surface area contributed by atoms with Crippen molar-refractivity contribution >= 4 is 24.4 Å². The molecule has 2 aromatic carbocycles. The van der Waals surface area contributed by atoms with E-state index in [4.69, 9.17) is 19.5 Å². The van der Waals surface area contributed by atoms with Crippen LogP contribution in [-0.4, -0.2) is 48.8 Å². The number of aliphatic imine (C=N–C) groups is 2. The molecule has 40 heavy (non-hydrogen) atoms. The molecule has 2 N–H and O–H groups in total. The first-order valence-electron chi connectivity index (χ1n) is 12.9. The largest absolute Gasteiger partial charge is 0.512 e. The number of aryl methyl sites for hydroxylation is 6. The Morgan fingerprint density at radius 3 is 1.15 bits per heavy atom. The van der Waals surface area contributed by atoms with Crippen LogP contribution in [-0.2, 0) is 19.1 Å². The Bertz CT molecular complexity index is 1250. The molecule has 0 amide bonds. The van der Waals surface area contributed by atoms with Crippen LogP contribution in [0.1, 0.15) is 70.4 Å². The normalized spacial score (nSPS) is 14.6. The monoisotopic (exact) mass is 548 g/mol. The number of benzene rings is 2. The van der Waals surface area contributed by atoms with E-state index in [0.29, 0.717) is 0 Å². The molecule has 2 rings (SSSR count). The molecule has 8 heteroatoms.